The van der Waals surface area contributed by atoms with Gasteiger partial charge in [0.15, 0.2) is 0 Å². The van der Waals surface area contributed by atoms with Crippen molar-refractivity contribution < 1.29 is 28.7 Å². The molecule has 0 radical (unpaired) electrons. The number of urea groups is 1. The minimum absolute atomic E-state index is 0.251. The second-order valence-electron chi connectivity index (χ2n) is 6.01. The van der Waals surface area contributed by atoms with Gasteiger partial charge in [0.1, 0.15) is 12.3 Å². The molecule has 0 heterocycles. The van der Waals surface area contributed by atoms with Gasteiger partial charge in [-0.3, -0.25) is 19.7 Å². The first-order chi connectivity index (χ1) is 14.5. The number of esters is 1. The molecule has 9 nitrogen and oxygen atoms in total. The molecule has 9 heteroatoms. The topological polar surface area (TPSA) is 123 Å². The molecular formula is C21H23N3O6. The fourth-order valence-electron chi connectivity index (χ4n) is 2.54. The number of nitrogens with one attached hydrogen (secondary N) is 3. The van der Waals surface area contributed by atoms with Gasteiger partial charge >= 0.3 is 12.0 Å². The van der Waals surface area contributed by atoms with E-state index in [0.717, 1.165) is 0 Å². The minimum atomic E-state index is -1.36. The number of methoxy groups -OCH3 is 1. The summed E-state index contributed by atoms with van der Waals surface area (Å²) in [7, 11) is 1.43. The number of para-hydroxylation sites is 1. The molecule has 0 saturated carbocycles. The Labute approximate surface area is 173 Å². The van der Waals surface area contributed by atoms with Gasteiger partial charge < -0.3 is 20.1 Å². The summed E-state index contributed by atoms with van der Waals surface area (Å²) >= 11 is 0. The number of rotatable bonds is 8. The lowest BCUT2D eigenvalue weighted by atomic mass is 10.1. The van der Waals surface area contributed by atoms with Crippen LogP contribution in [0, 0.1) is 0 Å². The van der Waals surface area contributed by atoms with Gasteiger partial charge in [-0.15, -0.1) is 0 Å². The van der Waals surface area contributed by atoms with Gasteiger partial charge in [-0.05, 0) is 19.1 Å². The second kappa shape index (κ2) is 11.2. The summed E-state index contributed by atoms with van der Waals surface area (Å²) in [6.07, 6.45) is -1.36. The Morgan fingerprint density at radius 1 is 0.933 bits per heavy atom. The predicted octanol–water partition coefficient (Wildman–Crippen LogP) is 1.56. The lowest BCUT2D eigenvalue weighted by Crippen LogP contribution is -2.43. The average molecular weight is 413 g/mol. The van der Waals surface area contributed by atoms with E-state index in [1.54, 1.807) is 61.5 Å². The molecule has 0 bridgehead atoms. The van der Waals surface area contributed by atoms with Crippen LogP contribution in [-0.4, -0.2) is 44.0 Å². The number of benzene rings is 2. The molecule has 2 aromatic rings. The number of hydrogen-bond acceptors (Lipinski definition) is 6. The van der Waals surface area contributed by atoms with Gasteiger partial charge in [0.2, 0.25) is 6.10 Å². The maximum atomic E-state index is 12.5. The van der Waals surface area contributed by atoms with Crippen molar-refractivity contribution in [3.8, 4) is 5.75 Å². The van der Waals surface area contributed by atoms with E-state index < -0.39 is 36.5 Å². The van der Waals surface area contributed by atoms with E-state index in [-0.39, 0.29) is 5.56 Å². The highest BCUT2D eigenvalue weighted by atomic mass is 16.5. The third kappa shape index (κ3) is 6.33. The summed E-state index contributed by atoms with van der Waals surface area (Å²) in [6, 6.07) is 14.1. The maximum absolute atomic E-state index is 12.5. The van der Waals surface area contributed by atoms with Crippen LogP contribution >= 0.6 is 0 Å². The molecule has 0 unspecified atom stereocenters. The van der Waals surface area contributed by atoms with Crippen molar-refractivity contribution in [1.29, 1.82) is 0 Å². The molecule has 0 spiro atoms. The van der Waals surface area contributed by atoms with Gasteiger partial charge in [0.05, 0.1) is 12.7 Å². The summed E-state index contributed by atoms with van der Waals surface area (Å²) < 4.78 is 10.4. The molecule has 0 aromatic heterocycles. The molecule has 0 fully saturated rings. The monoisotopic (exact) mass is 413 g/mol. The summed E-state index contributed by atoms with van der Waals surface area (Å²) in [5.74, 6) is -1.84. The zero-order valence-electron chi connectivity index (χ0n) is 16.6. The normalized spacial score (nSPS) is 11.0. The quantitative estimate of drug-likeness (QED) is 0.565. The molecule has 0 aliphatic carbocycles. The van der Waals surface area contributed by atoms with Gasteiger partial charge in [0, 0.05) is 12.1 Å². The van der Waals surface area contributed by atoms with Gasteiger partial charge in [0.25, 0.3) is 11.8 Å². The molecule has 0 aliphatic rings. The first-order valence-electron chi connectivity index (χ1n) is 9.20. The van der Waals surface area contributed by atoms with Crippen LogP contribution in [0.4, 0.5) is 4.79 Å². The molecule has 158 valence electrons. The summed E-state index contributed by atoms with van der Waals surface area (Å²) in [5, 5.41) is 6.97. The van der Waals surface area contributed by atoms with Crippen molar-refractivity contribution in [2.75, 3.05) is 20.2 Å². The van der Waals surface area contributed by atoms with Crippen LogP contribution in [0.2, 0.25) is 0 Å². The van der Waals surface area contributed by atoms with Crippen LogP contribution in [0.5, 0.6) is 5.75 Å². The van der Waals surface area contributed by atoms with E-state index in [0.29, 0.717) is 17.9 Å². The Kier molecular flexibility index (Phi) is 8.37. The molecule has 4 amide bonds. The number of imide groups is 1. The highest BCUT2D eigenvalue weighted by Gasteiger charge is 2.26. The van der Waals surface area contributed by atoms with E-state index in [1.165, 1.54) is 7.11 Å². The Morgan fingerprint density at radius 2 is 1.60 bits per heavy atom. The van der Waals surface area contributed by atoms with Crippen LogP contribution in [0.15, 0.2) is 54.6 Å². The first-order valence-corrected chi connectivity index (χ1v) is 9.20. The Bertz CT molecular complexity index is 901. The fraction of sp³-hybridized carbons (Fsp3) is 0.238. The van der Waals surface area contributed by atoms with E-state index >= 15 is 0 Å². The molecular weight excluding hydrogens is 390 g/mol. The van der Waals surface area contributed by atoms with Crippen LogP contribution < -0.4 is 20.7 Å². The maximum Gasteiger partial charge on any atom is 0.326 e. The Balaban J connectivity index is 2.04. The van der Waals surface area contributed by atoms with E-state index in [2.05, 4.69) is 16.0 Å². The summed E-state index contributed by atoms with van der Waals surface area (Å²) in [4.78, 5) is 48.7. The third-order valence-electron chi connectivity index (χ3n) is 3.91. The molecule has 1 atom stereocenters. The highest BCUT2D eigenvalue weighted by molar-refractivity contribution is 5.99. The van der Waals surface area contributed by atoms with Crippen molar-refractivity contribution in [3.05, 3.63) is 65.7 Å². The van der Waals surface area contributed by atoms with Gasteiger partial charge in [-0.2, -0.15) is 0 Å². The molecule has 2 aromatic carbocycles. The van der Waals surface area contributed by atoms with Crippen LogP contribution in [-0.2, 0) is 14.3 Å². The zero-order valence-corrected chi connectivity index (χ0v) is 16.6. The van der Waals surface area contributed by atoms with Crippen LogP contribution in [0.3, 0.4) is 0 Å². The highest BCUT2D eigenvalue weighted by Crippen LogP contribution is 2.18. The summed E-state index contributed by atoms with van der Waals surface area (Å²) in [6.45, 7) is 1.54. The number of carbonyl (C=O) groups is 4. The standard InChI is InChI=1S/C21H23N3O6/c1-3-22-21(28)24-20(27)18(14-9-5-4-6-10-14)30-17(25)13-23-19(26)15-11-7-8-12-16(15)29-2/h4-12,18H,3,13H2,1-2H3,(H,23,26)(H2,22,24,27,28)/t18-/m0/s1. The summed E-state index contributed by atoms with van der Waals surface area (Å²) in [5.41, 5.74) is 0.630. The van der Waals surface area contributed by atoms with Crippen LogP contribution in [0.1, 0.15) is 28.9 Å². The predicted molar refractivity (Wildman–Crippen MR) is 108 cm³/mol. The largest absolute Gasteiger partial charge is 0.496 e. The van der Waals surface area contributed by atoms with Crippen molar-refractivity contribution in [2.24, 2.45) is 0 Å². The second-order valence-corrected chi connectivity index (χ2v) is 6.01. The first kappa shape index (κ1) is 22.4. The van der Waals surface area contributed by atoms with Crippen molar-refractivity contribution in [1.82, 2.24) is 16.0 Å². The van der Waals surface area contributed by atoms with Crippen LogP contribution in [0.25, 0.3) is 0 Å². The molecule has 2 rings (SSSR count). The Hall–Kier alpha value is -3.88. The lowest BCUT2D eigenvalue weighted by molar-refractivity contribution is -0.155. The van der Waals surface area contributed by atoms with E-state index in [1.807, 2.05) is 0 Å². The number of ether oxygens (including phenoxy) is 2. The van der Waals surface area contributed by atoms with Gasteiger partial charge in [-0.25, -0.2) is 4.79 Å². The lowest BCUT2D eigenvalue weighted by Gasteiger charge is -2.18. The fourth-order valence-corrected chi connectivity index (χ4v) is 2.54. The average Bonchev–Trinajstić information content (AvgIpc) is 2.76. The van der Waals surface area contributed by atoms with E-state index in [4.69, 9.17) is 9.47 Å². The molecule has 0 aliphatic heterocycles. The minimum Gasteiger partial charge on any atom is -0.496 e. The molecule has 30 heavy (non-hydrogen) atoms. The smallest absolute Gasteiger partial charge is 0.326 e. The number of amides is 4. The van der Waals surface area contributed by atoms with Crippen molar-refractivity contribution >= 4 is 23.8 Å². The molecule has 0 saturated heterocycles. The number of hydrogen-bond donors (Lipinski definition) is 3. The number of carbonyl (C=O) groups excluding carboxylic acids is 4. The zero-order chi connectivity index (χ0) is 21.9. The molecule has 3 N–H and O–H groups in total. The van der Waals surface area contributed by atoms with Gasteiger partial charge in [-0.1, -0.05) is 42.5 Å². The van der Waals surface area contributed by atoms with E-state index in [9.17, 15) is 19.2 Å². The third-order valence-corrected chi connectivity index (χ3v) is 3.91. The van der Waals surface area contributed by atoms with Crippen molar-refractivity contribution in [2.45, 2.75) is 13.0 Å². The SMILES string of the molecule is CCNC(=O)NC(=O)[C@@H](OC(=O)CNC(=O)c1ccccc1OC)c1ccccc1. The van der Waals surface area contributed by atoms with Crippen molar-refractivity contribution in [3.63, 3.8) is 0 Å². The Morgan fingerprint density at radius 3 is 2.27 bits per heavy atom.